The maximum atomic E-state index is 12.9. The number of aromatic nitrogens is 4. The normalized spacial score (nSPS) is 14.0. The van der Waals surface area contributed by atoms with E-state index in [4.69, 9.17) is 0 Å². The Balaban J connectivity index is 1.62. The smallest absolute Gasteiger partial charge is 0.260 e. The Bertz CT molecular complexity index is 921. The lowest BCUT2D eigenvalue weighted by Crippen LogP contribution is -2.15. The van der Waals surface area contributed by atoms with Crippen LogP contribution >= 0.6 is 11.3 Å². The maximum Gasteiger partial charge on any atom is 0.260 e. The summed E-state index contributed by atoms with van der Waals surface area (Å²) in [5.41, 5.74) is 2.58. The van der Waals surface area contributed by atoms with E-state index in [0.717, 1.165) is 24.2 Å². The Morgan fingerprint density at radius 2 is 2.07 bits per heavy atom. The largest absolute Gasteiger partial charge is 0.298 e. The molecule has 1 amide bonds. The van der Waals surface area contributed by atoms with Crippen LogP contribution in [0.1, 0.15) is 65.7 Å². The third-order valence-corrected chi connectivity index (χ3v) is 5.85. The van der Waals surface area contributed by atoms with Crippen LogP contribution in [0, 0.1) is 0 Å². The highest BCUT2D eigenvalue weighted by atomic mass is 32.1. The van der Waals surface area contributed by atoms with Crippen molar-refractivity contribution in [3.63, 3.8) is 0 Å². The number of thiazole rings is 1. The van der Waals surface area contributed by atoms with Crippen LogP contribution in [0.25, 0.3) is 5.82 Å². The fraction of sp³-hybridized carbons (Fsp3) is 0.400. The van der Waals surface area contributed by atoms with Gasteiger partial charge in [-0.2, -0.15) is 5.10 Å². The summed E-state index contributed by atoms with van der Waals surface area (Å²) in [6.07, 6.45) is 9.07. The van der Waals surface area contributed by atoms with Gasteiger partial charge in [0.1, 0.15) is 0 Å². The lowest BCUT2D eigenvalue weighted by molar-refractivity contribution is 0.102. The summed E-state index contributed by atoms with van der Waals surface area (Å²) in [4.78, 5) is 23.3. The number of carbonyl (C=O) groups is 1. The van der Waals surface area contributed by atoms with Crippen LogP contribution < -0.4 is 5.32 Å². The van der Waals surface area contributed by atoms with E-state index in [0.29, 0.717) is 16.5 Å². The molecule has 3 heterocycles. The average Bonchev–Trinajstić information content (AvgIpc) is 3.21. The van der Waals surface area contributed by atoms with E-state index < -0.39 is 0 Å². The number of aryl methyl sites for hydroxylation is 2. The van der Waals surface area contributed by atoms with Crippen molar-refractivity contribution in [3.8, 4) is 5.82 Å². The van der Waals surface area contributed by atoms with Crippen molar-refractivity contribution in [1.29, 1.82) is 0 Å². The maximum absolute atomic E-state index is 12.9. The minimum Gasteiger partial charge on any atom is -0.298 e. The van der Waals surface area contributed by atoms with Crippen molar-refractivity contribution in [1.82, 2.24) is 19.7 Å². The number of anilines is 1. The van der Waals surface area contributed by atoms with Crippen molar-refractivity contribution in [2.24, 2.45) is 0 Å². The number of rotatable bonds is 4. The molecule has 3 aromatic rings. The Morgan fingerprint density at radius 1 is 1.22 bits per heavy atom. The van der Waals surface area contributed by atoms with Gasteiger partial charge in [-0.15, -0.1) is 11.3 Å². The molecule has 1 N–H and O–H groups in total. The number of nitrogens with zero attached hydrogens (tertiary/aromatic N) is 4. The molecule has 0 saturated heterocycles. The molecule has 27 heavy (non-hydrogen) atoms. The van der Waals surface area contributed by atoms with E-state index in [1.165, 1.54) is 24.1 Å². The molecule has 4 rings (SSSR count). The van der Waals surface area contributed by atoms with Gasteiger partial charge >= 0.3 is 0 Å². The number of fused-ring (bicyclic) bond motifs is 1. The zero-order valence-electron chi connectivity index (χ0n) is 15.6. The third-order valence-electron chi connectivity index (χ3n) is 4.78. The SMILES string of the molecule is CC(C)c1c(C(=O)Nc2nc3c(s2)CCCCC3)cnn1-c1ccccn1. The first-order valence-electron chi connectivity index (χ1n) is 9.42. The summed E-state index contributed by atoms with van der Waals surface area (Å²) in [5, 5.41) is 8.10. The first-order chi connectivity index (χ1) is 13.1. The van der Waals surface area contributed by atoms with E-state index in [1.807, 2.05) is 18.2 Å². The van der Waals surface area contributed by atoms with Gasteiger partial charge in [0.25, 0.3) is 5.91 Å². The van der Waals surface area contributed by atoms with Gasteiger partial charge in [-0.1, -0.05) is 26.3 Å². The van der Waals surface area contributed by atoms with Crippen LogP contribution in [0.5, 0.6) is 0 Å². The number of carbonyl (C=O) groups excluding carboxylic acids is 1. The van der Waals surface area contributed by atoms with E-state index in [9.17, 15) is 4.79 Å². The van der Waals surface area contributed by atoms with Gasteiger partial charge in [0, 0.05) is 11.1 Å². The highest BCUT2D eigenvalue weighted by Crippen LogP contribution is 2.30. The van der Waals surface area contributed by atoms with E-state index >= 15 is 0 Å². The lowest BCUT2D eigenvalue weighted by Gasteiger charge is -2.11. The third kappa shape index (κ3) is 3.64. The first kappa shape index (κ1) is 17.9. The van der Waals surface area contributed by atoms with Crippen molar-refractivity contribution in [2.45, 2.75) is 51.9 Å². The van der Waals surface area contributed by atoms with Gasteiger partial charge in [0.15, 0.2) is 10.9 Å². The Hall–Kier alpha value is -2.54. The van der Waals surface area contributed by atoms with Gasteiger partial charge in [-0.25, -0.2) is 14.6 Å². The van der Waals surface area contributed by atoms with Gasteiger partial charge in [0.05, 0.1) is 23.1 Å². The Kier molecular flexibility index (Phi) is 5.03. The van der Waals surface area contributed by atoms with Gasteiger partial charge in [-0.05, 0) is 43.7 Å². The molecule has 140 valence electrons. The van der Waals surface area contributed by atoms with E-state index in [1.54, 1.807) is 28.4 Å². The van der Waals surface area contributed by atoms with Crippen molar-refractivity contribution in [3.05, 3.63) is 52.4 Å². The summed E-state index contributed by atoms with van der Waals surface area (Å²) in [6.45, 7) is 4.11. The van der Waals surface area contributed by atoms with Gasteiger partial charge in [0.2, 0.25) is 0 Å². The van der Waals surface area contributed by atoms with Crippen LogP contribution in [-0.2, 0) is 12.8 Å². The highest BCUT2D eigenvalue weighted by Gasteiger charge is 2.23. The molecule has 3 aromatic heterocycles. The second-order valence-electron chi connectivity index (χ2n) is 7.10. The molecule has 0 atom stereocenters. The van der Waals surface area contributed by atoms with E-state index in [2.05, 4.69) is 34.2 Å². The zero-order valence-corrected chi connectivity index (χ0v) is 16.4. The molecule has 0 aliphatic heterocycles. The molecular formula is C20H23N5OS. The number of pyridine rings is 1. The Morgan fingerprint density at radius 3 is 2.85 bits per heavy atom. The summed E-state index contributed by atoms with van der Waals surface area (Å²) >= 11 is 1.61. The second-order valence-corrected chi connectivity index (χ2v) is 8.19. The second kappa shape index (κ2) is 7.60. The number of hydrogen-bond acceptors (Lipinski definition) is 5. The topological polar surface area (TPSA) is 72.7 Å². The molecule has 0 bridgehead atoms. The molecular weight excluding hydrogens is 358 g/mol. The quantitative estimate of drug-likeness (QED) is 0.681. The Labute approximate surface area is 162 Å². The predicted octanol–water partition coefficient (Wildman–Crippen LogP) is 4.37. The minimum absolute atomic E-state index is 0.128. The number of nitrogens with one attached hydrogen (secondary N) is 1. The monoisotopic (exact) mass is 381 g/mol. The summed E-state index contributed by atoms with van der Waals surface area (Å²) < 4.78 is 1.75. The molecule has 0 saturated carbocycles. The molecule has 0 fully saturated rings. The minimum atomic E-state index is -0.162. The number of amides is 1. The van der Waals surface area contributed by atoms with Crippen LogP contribution in [-0.4, -0.2) is 25.7 Å². The summed E-state index contributed by atoms with van der Waals surface area (Å²) in [6, 6.07) is 5.66. The summed E-state index contributed by atoms with van der Waals surface area (Å²) in [5.74, 6) is 0.675. The first-order valence-corrected chi connectivity index (χ1v) is 10.2. The molecule has 7 heteroatoms. The molecule has 1 aliphatic carbocycles. The summed E-state index contributed by atoms with van der Waals surface area (Å²) in [7, 11) is 0. The van der Waals surface area contributed by atoms with Crippen LogP contribution in [0.2, 0.25) is 0 Å². The molecule has 6 nitrogen and oxygen atoms in total. The fourth-order valence-electron chi connectivity index (χ4n) is 3.50. The predicted molar refractivity (Wildman–Crippen MR) is 107 cm³/mol. The molecule has 0 spiro atoms. The number of hydrogen-bond donors (Lipinski definition) is 1. The van der Waals surface area contributed by atoms with Crippen molar-refractivity contribution < 1.29 is 4.79 Å². The van der Waals surface area contributed by atoms with Crippen LogP contribution in [0.4, 0.5) is 5.13 Å². The van der Waals surface area contributed by atoms with Crippen LogP contribution in [0.3, 0.4) is 0 Å². The van der Waals surface area contributed by atoms with E-state index in [-0.39, 0.29) is 11.8 Å². The van der Waals surface area contributed by atoms with Crippen molar-refractivity contribution >= 4 is 22.4 Å². The van der Waals surface area contributed by atoms with Crippen LogP contribution in [0.15, 0.2) is 30.6 Å². The standard InChI is InChI=1S/C20H23N5OS/c1-13(2)18-14(12-22-25(18)17-10-6-7-11-21-17)19(26)24-20-23-15-8-4-3-5-9-16(15)27-20/h6-7,10-13H,3-5,8-9H2,1-2H3,(H,23,24,26). The van der Waals surface area contributed by atoms with Crippen molar-refractivity contribution in [2.75, 3.05) is 5.32 Å². The molecule has 0 aromatic carbocycles. The molecule has 0 radical (unpaired) electrons. The fourth-order valence-corrected chi connectivity index (χ4v) is 4.54. The zero-order chi connectivity index (χ0) is 18.8. The lowest BCUT2D eigenvalue weighted by atomic mass is 10.1. The van der Waals surface area contributed by atoms with Gasteiger partial charge in [-0.3, -0.25) is 10.1 Å². The molecule has 1 aliphatic rings. The van der Waals surface area contributed by atoms with Gasteiger partial charge < -0.3 is 0 Å². The highest BCUT2D eigenvalue weighted by molar-refractivity contribution is 7.15. The average molecular weight is 382 g/mol. The molecule has 0 unspecified atom stereocenters.